The van der Waals surface area contributed by atoms with E-state index in [1.165, 1.54) is 5.01 Å². The van der Waals surface area contributed by atoms with Crippen LogP contribution in [0.25, 0.3) is 0 Å². The van der Waals surface area contributed by atoms with Crippen LogP contribution >= 0.6 is 0 Å². The second-order valence-corrected chi connectivity index (χ2v) is 6.00. The number of carbonyl (C=O) groups excluding carboxylic acids is 1. The van der Waals surface area contributed by atoms with Gasteiger partial charge in [0.15, 0.2) is 0 Å². The molecule has 0 unspecified atom stereocenters. The fraction of sp³-hybridized carbons (Fsp3) is 0.143. The van der Waals surface area contributed by atoms with Gasteiger partial charge >= 0.3 is 0 Å². The van der Waals surface area contributed by atoms with Crippen LogP contribution in [0, 0.1) is 0 Å². The van der Waals surface area contributed by atoms with Gasteiger partial charge in [0.05, 0.1) is 19.1 Å². The zero-order valence-electron chi connectivity index (χ0n) is 14.3. The largest absolute Gasteiger partial charge is 0.496 e. The molecule has 2 aromatic carbocycles. The fourth-order valence-electron chi connectivity index (χ4n) is 3.16. The number of benzene rings is 2. The number of hydrogen-bond donors (Lipinski definition) is 0. The van der Waals surface area contributed by atoms with E-state index in [1.54, 1.807) is 25.5 Å². The fourth-order valence-corrected chi connectivity index (χ4v) is 3.16. The van der Waals surface area contributed by atoms with Crippen LogP contribution < -0.4 is 4.74 Å². The molecule has 1 atom stereocenters. The van der Waals surface area contributed by atoms with E-state index in [-0.39, 0.29) is 11.9 Å². The Bertz CT molecular complexity index is 933. The van der Waals surface area contributed by atoms with Crippen molar-refractivity contribution in [3.63, 3.8) is 0 Å². The molecule has 4 rings (SSSR count). The molecule has 0 fully saturated rings. The molecule has 0 radical (unpaired) electrons. The van der Waals surface area contributed by atoms with Crippen LogP contribution in [0.15, 0.2) is 82.5 Å². The lowest BCUT2D eigenvalue weighted by atomic mass is 10.0. The van der Waals surface area contributed by atoms with Gasteiger partial charge in [0.25, 0.3) is 5.91 Å². The molecule has 3 aromatic rings. The molecule has 1 amide bonds. The van der Waals surface area contributed by atoms with Crippen LogP contribution in [0.2, 0.25) is 0 Å². The second-order valence-electron chi connectivity index (χ2n) is 6.00. The molecule has 5 heteroatoms. The molecule has 130 valence electrons. The molecule has 1 aromatic heterocycles. The van der Waals surface area contributed by atoms with Gasteiger partial charge in [-0.3, -0.25) is 4.79 Å². The predicted octanol–water partition coefficient (Wildman–Crippen LogP) is 4.28. The summed E-state index contributed by atoms with van der Waals surface area (Å²) >= 11 is 0. The normalized spacial score (nSPS) is 16.4. The van der Waals surface area contributed by atoms with E-state index in [4.69, 9.17) is 9.15 Å². The summed E-state index contributed by atoms with van der Waals surface area (Å²) in [5.74, 6) is 1.29. The number of hydrazone groups is 1. The van der Waals surface area contributed by atoms with Crippen LogP contribution in [-0.4, -0.2) is 23.7 Å². The Labute approximate surface area is 151 Å². The predicted molar refractivity (Wildman–Crippen MR) is 98.2 cm³/mol. The summed E-state index contributed by atoms with van der Waals surface area (Å²) in [4.78, 5) is 13.0. The minimum atomic E-state index is -0.280. The second kappa shape index (κ2) is 6.88. The molecule has 1 aliphatic rings. The number of carbonyl (C=O) groups is 1. The lowest BCUT2D eigenvalue weighted by molar-refractivity contribution is 0.0693. The van der Waals surface area contributed by atoms with E-state index in [2.05, 4.69) is 5.10 Å². The molecule has 0 N–H and O–H groups in total. The van der Waals surface area contributed by atoms with E-state index in [9.17, 15) is 4.79 Å². The number of ether oxygens (including phenoxy) is 1. The zero-order chi connectivity index (χ0) is 17.9. The standard InChI is InChI=1S/C21H18N2O3/c1-25-19-11-6-5-10-16(19)17-14-18(20-12-7-13-26-20)23(22-17)21(24)15-8-3-2-4-9-15/h2-13,18H,14H2,1H3/t18-/m0/s1. The molecule has 1 aliphatic heterocycles. The molecule has 0 bridgehead atoms. The zero-order valence-corrected chi connectivity index (χ0v) is 14.3. The average Bonchev–Trinajstić information content (AvgIpc) is 3.37. The summed E-state index contributed by atoms with van der Waals surface area (Å²) in [6.45, 7) is 0. The van der Waals surface area contributed by atoms with Crippen molar-refractivity contribution in [3.8, 4) is 5.75 Å². The van der Waals surface area contributed by atoms with Gasteiger partial charge < -0.3 is 9.15 Å². The average molecular weight is 346 g/mol. The van der Waals surface area contributed by atoms with Crippen molar-refractivity contribution in [1.82, 2.24) is 5.01 Å². The van der Waals surface area contributed by atoms with Gasteiger partial charge in [0, 0.05) is 17.5 Å². The SMILES string of the molecule is COc1ccccc1C1=NN(C(=O)c2ccccc2)[C@H](c2ccco2)C1. The maximum absolute atomic E-state index is 13.0. The smallest absolute Gasteiger partial charge is 0.274 e. The number of methoxy groups -OCH3 is 1. The van der Waals surface area contributed by atoms with Crippen LogP contribution in [-0.2, 0) is 0 Å². The van der Waals surface area contributed by atoms with Crippen LogP contribution in [0.4, 0.5) is 0 Å². The summed E-state index contributed by atoms with van der Waals surface area (Å²) in [5.41, 5.74) is 2.28. The van der Waals surface area contributed by atoms with Crippen LogP contribution in [0.5, 0.6) is 5.75 Å². The van der Waals surface area contributed by atoms with Gasteiger partial charge in [-0.2, -0.15) is 5.10 Å². The Morgan fingerprint density at radius 2 is 1.85 bits per heavy atom. The molecular weight excluding hydrogens is 328 g/mol. The Morgan fingerprint density at radius 1 is 1.08 bits per heavy atom. The van der Waals surface area contributed by atoms with Gasteiger partial charge in [-0.1, -0.05) is 30.3 Å². The maximum Gasteiger partial charge on any atom is 0.274 e. The van der Waals surface area contributed by atoms with Gasteiger partial charge in [-0.05, 0) is 36.4 Å². The maximum atomic E-state index is 13.0. The highest BCUT2D eigenvalue weighted by molar-refractivity contribution is 6.06. The first-order valence-corrected chi connectivity index (χ1v) is 8.41. The van der Waals surface area contributed by atoms with E-state index in [0.717, 1.165) is 17.0 Å². The molecule has 0 saturated heterocycles. The van der Waals surface area contributed by atoms with Gasteiger partial charge in [0.1, 0.15) is 17.6 Å². The number of furan rings is 1. The van der Waals surface area contributed by atoms with Crippen molar-refractivity contribution in [2.24, 2.45) is 5.10 Å². The summed E-state index contributed by atoms with van der Waals surface area (Å²) in [5, 5.41) is 6.15. The number of rotatable bonds is 4. The lowest BCUT2D eigenvalue weighted by Crippen LogP contribution is -2.26. The quantitative estimate of drug-likeness (QED) is 0.708. The van der Waals surface area contributed by atoms with Gasteiger partial charge in [-0.15, -0.1) is 0 Å². The van der Waals surface area contributed by atoms with Crippen LogP contribution in [0.3, 0.4) is 0 Å². The van der Waals surface area contributed by atoms with E-state index in [0.29, 0.717) is 17.7 Å². The first-order valence-electron chi connectivity index (χ1n) is 8.41. The van der Waals surface area contributed by atoms with Crippen LogP contribution in [0.1, 0.15) is 34.1 Å². The molecular formula is C21H18N2O3. The monoisotopic (exact) mass is 346 g/mol. The highest BCUT2D eigenvalue weighted by Gasteiger charge is 2.36. The first kappa shape index (κ1) is 16.1. The number of amides is 1. The van der Waals surface area contributed by atoms with Crippen molar-refractivity contribution in [2.75, 3.05) is 7.11 Å². The van der Waals surface area contributed by atoms with E-state index >= 15 is 0 Å². The number of nitrogens with zero attached hydrogens (tertiary/aromatic N) is 2. The molecule has 5 nitrogen and oxygen atoms in total. The Balaban J connectivity index is 1.75. The van der Waals surface area contributed by atoms with E-state index < -0.39 is 0 Å². The summed E-state index contributed by atoms with van der Waals surface area (Å²) in [7, 11) is 1.63. The molecule has 2 heterocycles. The summed E-state index contributed by atoms with van der Waals surface area (Å²) in [6, 6.07) is 20.3. The molecule has 0 aliphatic carbocycles. The molecule has 26 heavy (non-hydrogen) atoms. The topological polar surface area (TPSA) is 55.0 Å². The van der Waals surface area contributed by atoms with E-state index in [1.807, 2.05) is 54.6 Å². The van der Waals surface area contributed by atoms with Crippen molar-refractivity contribution < 1.29 is 13.9 Å². The minimum Gasteiger partial charge on any atom is -0.496 e. The van der Waals surface area contributed by atoms with Gasteiger partial charge in [0.2, 0.25) is 0 Å². The third-order valence-electron chi connectivity index (χ3n) is 4.43. The van der Waals surface area contributed by atoms with Crippen molar-refractivity contribution >= 4 is 11.6 Å². The Kier molecular flexibility index (Phi) is 4.27. The Hall–Kier alpha value is -3.34. The highest BCUT2D eigenvalue weighted by atomic mass is 16.5. The summed E-state index contributed by atoms with van der Waals surface area (Å²) < 4.78 is 11.0. The number of para-hydroxylation sites is 1. The van der Waals surface area contributed by atoms with Gasteiger partial charge in [-0.25, -0.2) is 5.01 Å². The third-order valence-corrected chi connectivity index (χ3v) is 4.43. The molecule has 0 spiro atoms. The Morgan fingerprint density at radius 3 is 2.58 bits per heavy atom. The molecule has 0 saturated carbocycles. The minimum absolute atomic E-state index is 0.156. The summed E-state index contributed by atoms with van der Waals surface area (Å²) in [6.07, 6.45) is 2.17. The van der Waals surface area contributed by atoms with Crippen molar-refractivity contribution in [2.45, 2.75) is 12.5 Å². The van der Waals surface area contributed by atoms with Crippen molar-refractivity contribution in [3.05, 3.63) is 89.9 Å². The highest BCUT2D eigenvalue weighted by Crippen LogP contribution is 2.35. The number of hydrogen-bond acceptors (Lipinski definition) is 4. The third kappa shape index (κ3) is 2.88. The lowest BCUT2D eigenvalue weighted by Gasteiger charge is -2.19. The van der Waals surface area contributed by atoms with Crippen molar-refractivity contribution in [1.29, 1.82) is 0 Å². The first-order chi connectivity index (χ1) is 12.8.